The van der Waals surface area contributed by atoms with Crippen molar-refractivity contribution in [1.29, 1.82) is 0 Å². The van der Waals surface area contributed by atoms with Crippen LogP contribution >= 0.6 is 0 Å². The van der Waals surface area contributed by atoms with Gasteiger partial charge in [-0.25, -0.2) is 9.59 Å². The van der Waals surface area contributed by atoms with Gasteiger partial charge in [0.15, 0.2) is 0 Å². The Bertz CT molecular complexity index is 528. The fourth-order valence-electron chi connectivity index (χ4n) is 1.77. The van der Waals surface area contributed by atoms with Crippen LogP contribution in [0.15, 0.2) is 30.9 Å². The van der Waals surface area contributed by atoms with E-state index in [1.54, 1.807) is 32.2 Å². The summed E-state index contributed by atoms with van der Waals surface area (Å²) < 4.78 is 4.95. The summed E-state index contributed by atoms with van der Waals surface area (Å²) in [5.41, 5.74) is 1.14. The van der Waals surface area contributed by atoms with Crippen LogP contribution in [0.4, 0.5) is 10.5 Å². The second-order valence-corrected chi connectivity index (χ2v) is 4.51. The number of ether oxygens (including phenoxy) is 1. The molecule has 0 aliphatic heterocycles. The lowest BCUT2D eigenvalue weighted by Crippen LogP contribution is -2.37. The van der Waals surface area contributed by atoms with Gasteiger partial charge in [-0.3, -0.25) is 0 Å². The molecule has 0 unspecified atom stereocenters. The van der Waals surface area contributed by atoms with Gasteiger partial charge < -0.3 is 20.1 Å². The number of nitrogens with zero attached hydrogens (tertiary/aromatic N) is 1. The lowest BCUT2D eigenvalue weighted by atomic mass is 10.1. The molecule has 0 aliphatic carbocycles. The van der Waals surface area contributed by atoms with Crippen LogP contribution < -0.4 is 5.32 Å². The molecule has 0 heterocycles. The number of rotatable bonds is 7. The van der Waals surface area contributed by atoms with Gasteiger partial charge in [-0.15, -0.1) is 6.58 Å². The third-order valence-corrected chi connectivity index (χ3v) is 2.85. The SMILES string of the molecule is C=CCN(CCOC)C(=O)Nc1ccc(C)cc1C(=O)O. The van der Waals surface area contributed by atoms with Crippen molar-refractivity contribution in [2.45, 2.75) is 6.92 Å². The molecule has 0 saturated carbocycles. The summed E-state index contributed by atoms with van der Waals surface area (Å²) in [6, 6.07) is 4.46. The molecule has 1 aromatic carbocycles. The van der Waals surface area contributed by atoms with Crippen molar-refractivity contribution < 1.29 is 19.4 Å². The maximum absolute atomic E-state index is 12.2. The Morgan fingerprint density at radius 3 is 2.76 bits per heavy atom. The largest absolute Gasteiger partial charge is 0.478 e. The molecule has 2 amide bonds. The first-order valence-corrected chi connectivity index (χ1v) is 6.49. The molecule has 6 heteroatoms. The number of amides is 2. The lowest BCUT2D eigenvalue weighted by molar-refractivity contribution is 0.0698. The number of carbonyl (C=O) groups excluding carboxylic acids is 1. The van der Waals surface area contributed by atoms with Gasteiger partial charge in [-0.1, -0.05) is 17.7 Å². The van der Waals surface area contributed by atoms with Crippen LogP contribution in [-0.2, 0) is 4.74 Å². The van der Waals surface area contributed by atoms with Crippen molar-refractivity contribution in [3.8, 4) is 0 Å². The summed E-state index contributed by atoms with van der Waals surface area (Å²) >= 11 is 0. The minimum absolute atomic E-state index is 0.0636. The number of aryl methyl sites for hydroxylation is 1. The molecule has 21 heavy (non-hydrogen) atoms. The number of aromatic carboxylic acids is 1. The van der Waals surface area contributed by atoms with Crippen LogP contribution in [-0.4, -0.2) is 48.8 Å². The molecule has 6 nitrogen and oxygen atoms in total. The molecule has 0 saturated heterocycles. The Morgan fingerprint density at radius 2 is 2.19 bits per heavy atom. The molecule has 1 aromatic rings. The summed E-state index contributed by atoms with van der Waals surface area (Å²) in [5.74, 6) is -1.08. The summed E-state index contributed by atoms with van der Waals surface area (Å²) in [5, 5.41) is 11.8. The molecule has 0 bridgehead atoms. The average Bonchev–Trinajstić information content (AvgIpc) is 2.45. The maximum atomic E-state index is 12.2. The highest BCUT2D eigenvalue weighted by atomic mass is 16.5. The predicted molar refractivity (Wildman–Crippen MR) is 80.8 cm³/mol. The zero-order valence-electron chi connectivity index (χ0n) is 12.3. The molecule has 1 rings (SSSR count). The second kappa shape index (κ2) is 8.06. The van der Waals surface area contributed by atoms with Gasteiger partial charge >= 0.3 is 12.0 Å². The average molecular weight is 292 g/mol. The van der Waals surface area contributed by atoms with Crippen molar-refractivity contribution >= 4 is 17.7 Å². The van der Waals surface area contributed by atoms with Crippen LogP contribution in [0.3, 0.4) is 0 Å². The summed E-state index contributed by atoms with van der Waals surface area (Å²) in [6.07, 6.45) is 1.60. The number of nitrogens with one attached hydrogen (secondary N) is 1. The number of anilines is 1. The van der Waals surface area contributed by atoms with E-state index in [0.717, 1.165) is 5.56 Å². The van der Waals surface area contributed by atoms with Gasteiger partial charge in [0.1, 0.15) is 0 Å². The van der Waals surface area contributed by atoms with Crippen LogP contribution in [0.1, 0.15) is 15.9 Å². The fourth-order valence-corrected chi connectivity index (χ4v) is 1.77. The molecule has 114 valence electrons. The minimum atomic E-state index is -1.08. The van der Waals surface area contributed by atoms with Gasteiger partial charge in [0.2, 0.25) is 0 Å². The number of methoxy groups -OCH3 is 1. The Morgan fingerprint density at radius 1 is 1.48 bits per heavy atom. The maximum Gasteiger partial charge on any atom is 0.337 e. The van der Waals surface area contributed by atoms with E-state index in [-0.39, 0.29) is 11.3 Å². The second-order valence-electron chi connectivity index (χ2n) is 4.51. The number of carbonyl (C=O) groups is 2. The molecule has 0 radical (unpaired) electrons. The van der Waals surface area contributed by atoms with Gasteiger partial charge in [-0.05, 0) is 19.1 Å². The van der Waals surface area contributed by atoms with Gasteiger partial charge in [0.05, 0.1) is 17.9 Å². The monoisotopic (exact) mass is 292 g/mol. The van der Waals surface area contributed by atoms with Crippen molar-refractivity contribution in [2.24, 2.45) is 0 Å². The number of carboxylic acid groups (broad SMARTS) is 1. The van der Waals surface area contributed by atoms with E-state index in [1.807, 2.05) is 0 Å². The quantitative estimate of drug-likeness (QED) is 0.756. The first-order chi connectivity index (χ1) is 9.99. The lowest BCUT2D eigenvalue weighted by Gasteiger charge is -2.21. The number of hydrogen-bond donors (Lipinski definition) is 2. The van der Waals surface area contributed by atoms with E-state index < -0.39 is 12.0 Å². The number of carboxylic acids is 1. The summed E-state index contributed by atoms with van der Waals surface area (Å²) in [4.78, 5) is 24.9. The predicted octanol–water partition coefficient (Wildman–Crippen LogP) is 2.36. The van der Waals surface area contributed by atoms with Crippen molar-refractivity contribution in [3.05, 3.63) is 42.0 Å². The highest BCUT2D eigenvalue weighted by Gasteiger charge is 2.16. The summed E-state index contributed by atoms with van der Waals surface area (Å²) in [6.45, 7) is 6.52. The number of hydrogen-bond acceptors (Lipinski definition) is 3. The molecule has 0 spiro atoms. The van der Waals surface area contributed by atoms with Gasteiger partial charge in [-0.2, -0.15) is 0 Å². The molecule has 2 N–H and O–H groups in total. The van der Waals surface area contributed by atoms with Gasteiger partial charge in [0, 0.05) is 20.2 Å². The Kier molecular flexibility index (Phi) is 6.42. The normalized spacial score (nSPS) is 10.0. The highest BCUT2D eigenvalue weighted by Crippen LogP contribution is 2.18. The van der Waals surface area contributed by atoms with E-state index in [2.05, 4.69) is 11.9 Å². The molecule has 0 atom stereocenters. The third-order valence-electron chi connectivity index (χ3n) is 2.85. The Balaban J connectivity index is 2.90. The van der Waals surface area contributed by atoms with Crippen molar-refractivity contribution in [3.63, 3.8) is 0 Å². The molecular weight excluding hydrogens is 272 g/mol. The topological polar surface area (TPSA) is 78.9 Å². The van der Waals surface area contributed by atoms with Crippen LogP contribution in [0.2, 0.25) is 0 Å². The van der Waals surface area contributed by atoms with E-state index in [0.29, 0.717) is 19.7 Å². The smallest absolute Gasteiger partial charge is 0.337 e. The summed E-state index contributed by atoms with van der Waals surface area (Å²) in [7, 11) is 1.55. The van der Waals surface area contributed by atoms with E-state index in [1.165, 1.54) is 11.0 Å². The molecule has 0 aliphatic rings. The van der Waals surface area contributed by atoms with Gasteiger partial charge in [0.25, 0.3) is 0 Å². The first-order valence-electron chi connectivity index (χ1n) is 6.49. The van der Waals surface area contributed by atoms with Crippen LogP contribution in [0.25, 0.3) is 0 Å². The molecular formula is C15H20N2O4. The van der Waals surface area contributed by atoms with Crippen LogP contribution in [0, 0.1) is 6.92 Å². The molecule has 0 aromatic heterocycles. The van der Waals surface area contributed by atoms with Crippen LogP contribution in [0.5, 0.6) is 0 Å². The zero-order valence-corrected chi connectivity index (χ0v) is 12.3. The zero-order chi connectivity index (χ0) is 15.8. The number of urea groups is 1. The molecule has 0 fully saturated rings. The Labute approximate surface area is 124 Å². The third kappa shape index (κ3) is 4.92. The fraction of sp³-hybridized carbons (Fsp3) is 0.333. The minimum Gasteiger partial charge on any atom is -0.478 e. The van der Waals surface area contributed by atoms with E-state index >= 15 is 0 Å². The number of benzene rings is 1. The first kappa shape index (κ1) is 16.7. The standard InChI is InChI=1S/C15H20N2O4/c1-4-7-17(8-9-21-3)15(20)16-13-6-5-11(2)10-12(13)14(18)19/h4-6,10H,1,7-9H2,2-3H3,(H,16,20)(H,18,19). The highest BCUT2D eigenvalue weighted by molar-refractivity contribution is 6.00. The van der Waals surface area contributed by atoms with E-state index in [4.69, 9.17) is 4.74 Å². The van der Waals surface area contributed by atoms with Crippen molar-refractivity contribution in [2.75, 3.05) is 32.1 Å². The van der Waals surface area contributed by atoms with E-state index in [9.17, 15) is 14.7 Å². The van der Waals surface area contributed by atoms with Crippen molar-refractivity contribution in [1.82, 2.24) is 4.90 Å². The Hall–Kier alpha value is -2.34.